The van der Waals surface area contributed by atoms with Crippen molar-refractivity contribution >= 4 is 33.3 Å². The molecular weight excluding hydrogens is 404 g/mol. The minimum Gasteiger partial charge on any atom is -0.454 e. The summed E-state index contributed by atoms with van der Waals surface area (Å²) in [6.45, 7) is 3.42. The second kappa shape index (κ2) is 7.73. The highest BCUT2D eigenvalue weighted by Gasteiger charge is 2.31. The van der Waals surface area contributed by atoms with Crippen molar-refractivity contribution in [1.29, 1.82) is 0 Å². The van der Waals surface area contributed by atoms with Crippen LogP contribution < -0.4 is 14.8 Å². The average Bonchev–Trinajstić information content (AvgIpc) is 3.50. The summed E-state index contributed by atoms with van der Waals surface area (Å²) in [4.78, 5) is 25.2. The molecule has 4 heterocycles. The lowest BCUT2D eigenvalue weighted by Crippen LogP contribution is -2.37. The summed E-state index contributed by atoms with van der Waals surface area (Å²) < 4.78 is 10.8. The Morgan fingerprint density at radius 1 is 1.33 bits per heavy atom. The number of carbonyl (C=O) groups excluding carboxylic acids is 1. The zero-order valence-corrected chi connectivity index (χ0v) is 17.4. The molecule has 0 bridgehead atoms. The number of benzene rings is 1. The third-order valence-corrected chi connectivity index (χ3v) is 6.85. The first-order valence-electron chi connectivity index (χ1n) is 9.94. The van der Waals surface area contributed by atoms with Gasteiger partial charge >= 0.3 is 0 Å². The number of nitrogens with zero attached hydrogens (tertiary/aromatic N) is 3. The molecule has 1 fully saturated rings. The van der Waals surface area contributed by atoms with Crippen LogP contribution in [-0.2, 0) is 6.54 Å². The summed E-state index contributed by atoms with van der Waals surface area (Å²) in [5, 5.41) is 13.8. The number of anilines is 1. The van der Waals surface area contributed by atoms with Crippen LogP contribution in [0.2, 0.25) is 0 Å². The van der Waals surface area contributed by atoms with Crippen molar-refractivity contribution in [3.63, 3.8) is 0 Å². The number of hydrogen-bond donors (Lipinski definition) is 2. The van der Waals surface area contributed by atoms with E-state index in [-0.39, 0.29) is 25.3 Å². The van der Waals surface area contributed by atoms with Crippen molar-refractivity contribution < 1.29 is 19.4 Å². The maximum absolute atomic E-state index is 13.1. The molecule has 3 aromatic rings. The highest BCUT2D eigenvalue weighted by Crippen LogP contribution is 2.36. The molecule has 2 aliphatic rings. The third kappa shape index (κ3) is 3.23. The molecule has 1 amide bonds. The summed E-state index contributed by atoms with van der Waals surface area (Å²) in [5.41, 5.74) is 1.91. The van der Waals surface area contributed by atoms with E-state index in [0.717, 1.165) is 45.7 Å². The van der Waals surface area contributed by atoms with Crippen molar-refractivity contribution in [1.82, 2.24) is 14.9 Å². The van der Waals surface area contributed by atoms with E-state index in [1.54, 1.807) is 4.90 Å². The number of rotatable bonds is 5. The fraction of sp³-hybridized carbons (Fsp3) is 0.381. The molecular formula is C21H22N4O4S. The number of aromatic nitrogens is 2. The van der Waals surface area contributed by atoms with Crippen molar-refractivity contribution in [2.24, 2.45) is 0 Å². The minimum atomic E-state index is -0.100. The van der Waals surface area contributed by atoms with Crippen LogP contribution in [0, 0.1) is 6.92 Å². The van der Waals surface area contributed by atoms with Crippen molar-refractivity contribution in [3.8, 4) is 11.5 Å². The van der Waals surface area contributed by atoms with Crippen LogP contribution in [-0.4, -0.2) is 51.9 Å². The monoisotopic (exact) mass is 426 g/mol. The minimum absolute atomic E-state index is 0.00216. The molecule has 0 saturated carbocycles. The smallest absolute Gasteiger partial charge is 0.264 e. The van der Waals surface area contributed by atoms with Crippen LogP contribution in [0.25, 0.3) is 10.2 Å². The van der Waals surface area contributed by atoms with Gasteiger partial charge in [-0.3, -0.25) is 4.79 Å². The van der Waals surface area contributed by atoms with E-state index in [4.69, 9.17) is 9.47 Å². The molecule has 2 N–H and O–H groups in total. The van der Waals surface area contributed by atoms with E-state index >= 15 is 0 Å². The SMILES string of the molecule is Cc1c(C(=O)N2CCC[C@H]2CO)sc2ncnc(NCc3ccc4c(c3)OCO4)c12. The Balaban J connectivity index is 1.42. The van der Waals surface area contributed by atoms with Crippen molar-refractivity contribution in [3.05, 3.63) is 40.5 Å². The maximum atomic E-state index is 13.1. The van der Waals surface area contributed by atoms with Crippen LogP contribution in [0.3, 0.4) is 0 Å². The third-order valence-electron chi connectivity index (χ3n) is 5.67. The molecule has 156 valence electrons. The Labute approximate surface area is 177 Å². The highest BCUT2D eigenvalue weighted by atomic mass is 32.1. The summed E-state index contributed by atoms with van der Waals surface area (Å²) >= 11 is 1.38. The van der Waals surface area contributed by atoms with E-state index < -0.39 is 0 Å². The lowest BCUT2D eigenvalue weighted by atomic mass is 10.1. The Hall–Kier alpha value is -2.91. The van der Waals surface area contributed by atoms with E-state index in [1.165, 1.54) is 17.7 Å². The molecule has 1 aromatic carbocycles. The van der Waals surface area contributed by atoms with Gasteiger partial charge in [0.2, 0.25) is 6.79 Å². The van der Waals surface area contributed by atoms with Gasteiger partial charge in [0.05, 0.1) is 22.9 Å². The van der Waals surface area contributed by atoms with Gasteiger partial charge in [-0.25, -0.2) is 9.97 Å². The number of fused-ring (bicyclic) bond motifs is 2. The molecule has 0 radical (unpaired) electrons. The summed E-state index contributed by atoms with van der Waals surface area (Å²) in [5.74, 6) is 2.16. The van der Waals surface area contributed by atoms with Gasteiger partial charge < -0.3 is 24.8 Å². The number of thiophene rings is 1. The number of nitrogens with one attached hydrogen (secondary N) is 1. The summed E-state index contributed by atoms with van der Waals surface area (Å²) in [6, 6.07) is 5.73. The molecule has 9 heteroatoms. The van der Waals surface area contributed by atoms with Crippen molar-refractivity contribution in [2.45, 2.75) is 32.4 Å². The number of ether oxygens (including phenoxy) is 2. The molecule has 0 spiro atoms. The second-order valence-electron chi connectivity index (χ2n) is 7.48. The molecule has 0 aliphatic carbocycles. The van der Waals surface area contributed by atoms with Gasteiger partial charge in [-0.2, -0.15) is 0 Å². The van der Waals surface area contributed by atoms with Gasteiger partial charge in [0, 0.05) is 13.1 Å². The van der Waals surface area contributed by atoms with Gasteiger partial charge in [0.1, 0.15) is 17.0 Å². The first kappa shape index (κ1) is 19.1. The zero-order valence-electron chi connectivity index (χ0n) is 16.6. The van der Waals surface area contributed by atoms with Gasteiger partial charge in [0.25, 0.3) is 5.91 Å². The van der Waals surface area contributed by atoms with E-state index in [0.29, 0.717) is 23.8 Å². The quantitative estimate of drug-likeness (QED) is 0.647. The number of amides is 1. The van der Waals surface area contributed by atoms with Crippen LogP contribution >= 0.6 is 11.3 Å². The second-order valence-corrected chi connectivity index (χ2v) is 8.48. The fourth-order valence-corrected chi connectivity index (χ4v) is 5.17. The van der Waals surface area contributed by atoms with E-state index in [1.807, 2.05) is 25.1 Å². The molecule has 0 unspecified atom stereocenters. The van der Waals surface area contributed by atoms with Gasteiger partial charge in [-0.05, 0) is 43.0 Å². The number of carbonyl (C=O) groups is 1. The lowest BCUT2D eigenvalue weighted by Gasteiger charge is -2.22. The summed E-state index contributed by atoms with van der Waals surface area (Å²) in [7, 11) is 0. The van der Waals surface area contributed by atoms with Crippen molar-refractivity contribution in [2.75, 3.05) is 25.3 Å². The van der Waals surface area contributed by atoms with Crippen LogP contribution in [0.4, 0.5) is 5.82 Å². The zero-order chi connectivity index (χ0) is 20.7. The Kier molecular flexibility index (Phi) is 4.92. The van der Waals surface area contributed by atoms with E-state index in [9.17, 15) is 9.90 Å². The summed E-state index contributed by atoms with van der Waals surface area (Å²) in [6.07, 6.45) is 3.28. The predicted molar refractivity (Wildman–Crippen MR) is 113 cm³/mol. The lowest BCUT2D eigenvalue weighted by molar-refractivity contribution is 0.0682. The molecule has 30 heavy (non-hydrogen) atoms. The van der Waals surface area contributed by atoms with Gasteiger partial charge in [-0.1, -0.05) is 6.07 Å². The number of aliphatic hydroxyl groups excluding tert-OH is 1. The van der Waals surface area contributed by atoms with Gasteiger partial charge in [0.15, 0.2) is 11.5 Å². The Morgan fingerprint density at radius 2 is 2.20 bits per heavy atom. The molecule has 1 atom stereocenters. The molecule has 8 nitrogen and oxygen atoms in total. The van der Waals surface area contributed by atoms with Crippen LogP contribution in [0.15, 0.2) is 24.5 Å². The molecule has 5 rings (SSSR count). The van der Waals surface area contributed by atoms with Crippen LogP contribution in [0.5, 0.6) is 11.5 Å². The number of hydrogen-bond acceptors (Lipinski definition) is 8. The Bertz CT molecular complexity index is 1120. The Morgan fingerprint density at radius 3 is 3.07 bits per heavy atom. The number of likely N-dealkylation sites (tertiary alicyclic amines) is 1. The van der Waals surface area contributed by atoms with Crippen LogP contribution in [0.1, 0.15) is 33.6 Å². The topological polar surface area (TPSA) is 96.8 Å². The molecule has 1 saturated heterocycles. The largest absolute Gasteiger partial charge is 0.454 e. The number of aryl methyl sites for hydroxylation is 1. The van der Waals surface area contributed by atoms with E-state index in [2.05, 4.69) is 15.3 Å². The first-order valence-corrected chi connectivity index (χ1v) is 10.8. The maximum Gasteiger partial charge on any atom is 0.264 e. The average molecular weight is 426 g/mol. The highest BCUT2D eigenvalue weighted by molar-refractivity contribution is 7.20. The fourth-order valence-electron chi connectivity index (χ4n) is 4.07. The standard InChI is InChI=1S/C21H22N4O4S/c1-12-17-19(22-8-13-4-5-15-16(7-13)29-11-28-15)23-10-24-20(17)30-18(12)21(27)25-6-2-3-14(25)9-26/h4-5,7,10,14,26H,2-3,6,8-9,11H2,1H3,(H,22,23,24)/t14-/m0/s1. The molecule has 2 aliphatic heterocycles. The van der Waals surface area contributed by atoms with Gasteiger partial charge in [-0.15, -0.1) is 11.3 Å². The number of aliphatic hydroxyl groups is 1. The first-order chi connectivity index (χ1) is 14.7. The molecule has 2 aromatic heterocycles. The normalized spacial score (nSPS) is 17.7. The predicted octanol–water partition coefficient (Wildman–Crippen LogP) is 2.94.